The van der Waals surface area contributed by atoms with Crippen LogP contribution in [-0.2, 0) is 0 Å². The molecule has 0 amide bonds. The Morgan fingerprint density at radius 3 is 2.10 bits per heavy atom. The summed E-state index contributed by atoms with van der Waals surface area (Å²) in [6, 6.07) is 0.678. The first-order valence-electron chi connectivity index (χ1n) is 3.88. The third kappa shape index (κ3) is 3.67. The summed E-state index contributed by atoms with van der Waals surface area (Å²) in [5, 5.41) is 0. The predicted octanol–water partition coefficient (Wildman–Crippen LogP) is 2.29. The molecule has 0 aromatic carbocycles. The van der Waals surface area contributed by atoms with Crippen molar-refractivity contribution in [2.24, 2.45) is 0 Å². The lowest BCUT2D eigenvalue weighted by Gasteiger charge is -2.22. The van der Waals surface area contributed by atoms with Gasteiger partial charge in [-0.15, -0.1) is 6.58 Å². The Hall–Kier alpha value is -0.300. The van der Waals surface area contributed by atoms with E-state index in [0.29, 0.717) is 6.04 Å². The Morgan fingerprint density at radius 2 is 2.00 bits per heavy atom. The molecule has 0 aromatic heterocycles. The lowest BCUT2D eigenvalue weighted by atomic mass is 10.1. The standard InChI is InChI=1S/C9H19N/c1-6-9(10(4)5)7-8(2)3/h9H,2,6-7H2,1,3-5H3. The van der Waals surface area contributed by atoms with Crippen LogP contribution in [-0.4, -0.2) is 25.0 Å². The van der Waals surface area contributed by atoms with Gasteiger partial charge in [-0.3, -0.25) is 0 Å². The van der Waals surface area contributed by atoms with Crippen LogP contribution in [0.2, 0.25) is 0 Å². The van der Waals surface area contributed by atoms with E-state index in [1.54, 1.807) is 0 Å². The molecule has 0 aromatic rings. The fraction of sp³-hybridized carbons (Fsp3) is 0.778. The van der Waals surface area contributed by atoms with Crippen molar-refractivity contribution in [3.63, 3.8) is 0 Å². The fourth-order valence-electron chi connectivity index (χ4n) is 1.09. The summed E-state index contributed by atoms with van der Waals surface area (Å²) >= 11 is 0. The van der Waals surface area contributed by atoms with Crippen LogP contribution in [0, 0.1) is 0 Å². The van der Waals surface area contributed by atoms with E-state index < -0.39 is 0 Å². The first-order valence-corrected chi connectivity index (χ1v) is 3.88. The molecule has 0 bridgehead atoms. The van der Waals surface area contributed by atoms with E-state index in [9.17, 15) is 0 Å². The molecule has 0 saturated carbocycles. The van der Waals surface area contributed by atoms with Gasteiger partial charge in [0.2, 0.25) is 0 Å². The minimum Gasteiger partial charge on any atom is -0.306 e. The van der Waals surface area contributed by atoms with E-state index >= 15 is 0 Å². The molecular weight excluding hydrogens is 122 g/mol. The van der Waals surface area contributed by atoms with Gasteiger partial charge in [-0.2, -0.15) is 0 Å². The molecule has 1 heteroatoms. The summed E-state index contributed by atoms with van der Waals surface area (Å²) in [5.41, 5.74) is 1.28. The summed E-state index contributed by atoms with van der Waals surface area (Å²) in [7, 11) is 4.24. The van der Waals surface area contributed by atoms with Gasteiger partial charge in [-0.05, 0) is 33.9 Å². The Kier molecular flexibility index (Phi) is 4.37. The zero-order chi connectivity index (χ0) is 8.15. The molecule has 0 radical (unpaired) electrons. The highest BCUT2D eigenvalue weighted by Crippen LogP contribution is 2.09. The fourth-order valence-corrected chi connectivity index (χ4v) is 1.09. The molecule has 0 aliphatic carbocycles. The van der Waals surface area contributed by atoms with Crippen molar-refractivity contribution >= 4 is 0 Å². The van der Waals surface area contributed by atoms with E-state index in [2.05, 4.69) is 39.4 Å². The minimum atomic E-state index is 0.678. The molecule has 0 rings (SSSR count). The molecule has 10 heavy (non-hydrogen) atoms. The maximum atomic E-state index is 3.90. The molecule has 0 saturated heterocycles. The highest BCUT2D eigenvalue weighted by atomic mass is 15.1. The summed E-state index contributed by atoms with van der Waals surface area (Å²) in [4.78, 5) is 2.26. The normalized spacial score (nSPS) is 13.7. The van der Waals surface area contributed by atoms with Crippen molar-refractivity contribution in [3.8, 4) is 0 Å². The van der Waals surface area contributed by atoms with Crippen LogP contribution in [0.1, 0.15) is 26.7 Å². The van der Waals surface area contributed by atoms with E-state index in [1.165, 1.54) is 12.0 Å². The molecule has 0 fully saturated rings. The summed E-state index contributed by atoms with van der Waals surface area (Å²) in [6.07, 6.45) is 2.34. The maximum Gasteiger partial charge on any atom is 0.0123 e. The third-order valence-electron chi connectivity index (χ3n) is 1.79. The van der Waals surface area contributed by atoms with Crippen LogP contribution in [0.25, 0.3) is 0 Å². The summed E-state index contributed by atoms with van der Waals surface area (Å²) in [6.45, 7) is 8.20. The minimum absolute atomic E-state index is 0.678. The molecule has 1 nitrogen and oxygen atoms in total. The predicted molar refractivity (Wildman–Crippen MR) is 47.2 cm³/mol. The third-order valence-corrected chi connectivity index (χ3v) is 1.79. The Labute approximate surface area is 64.7 Å². The van der Waals surface area contributed by atoms with Crippen LogP contribution >= 0.6 is 0 Å². The molecule has 0 N–H and O–H groups in total. The van der Waals surface area contributed by atoms with Crippen LogP contribution in [0.5, 0.6) is 0 Å². The van der Waals surface area contributed by atoms with Crippen molar-refractivity contribution in [1.82, 2.24) is 4.90 Å². The van der Waals surface area contributed by atoms with E-state index in [4.69, 9.17) is 0 Å². The van der Waals surface area contributed by atoms with Crippen LogP contribution in [0.4, 0.5) is 0 Å². The van der Waals surface area contributed by atoms with Crippen molar-refractivity contribution in [2.75, 3.05) is 14.1 Å². The summed E-state index contributed by atoms with van der Waals surface area (Å²) in [5.74, 6) is 0. The lowest BCUT2D eigenvalue weighted by molar-refractivity contribution is 0.284. The molecule has 0 heterocycles. The lowest BCUT2D eigenvalue weighted by Crippen LogP contribution is -2.27. The van der Waals surface area contributed by atoms with Gasteiger partial charge >= 0.3 is 0 Å². The van der Waals surface area contributed by atoms with Gasteiger partial charge in [0.05, 0.1) is 0 Å². The number of hydrogen-bond acceptors (Lipinski definition) is 1. The largest absolute Gasteiger partial charge is 0.306 e. The Morgan fingerprint density at radius 1 is 1.50 bits per heavy atom. The quantitative estimate of drug-likeness (QED) is 0.543. The number of rotatable bonds is 4. The molecular formula is C9H19N. The van der Waals surface area contributed by atoms with Crippen molar-refractivity contribution < 1.29 is 0 Å². The van der Waals surface area contributed by atoms with Crippen molar-refractivity contribution in [2.45, 2.75) is 32.7 Å². The first-order chi connectivity index (χ1) is 4.57. The molecule has 60 valence electrons. The van der Waals surface area contributed by atoms with Gasteiger partial charge in [-0.25, -0.2) is 0 Å². The van der Waals surface area contributed by atoms with E-state index in [0.717, 1.165) is 6.42 Å². The second-order valence-corrected chi connectivity index (χ2v) is 3.19. The van der Waals surface area contributed by atoms with Gasteiger partial charge < -0.3 is 4.90 Å². The van der Waals surface area contributed by atoms with Gasteiger partial charge in [0.1, 0.15) is 0 Å². The van der Waals surface area contributed by atoms with Crippen molar-refractivity contribution in [3.05, 3.63) is 12.2 Å². The highest BCUT2D eigenvalue weighted by molar-refractivity contribution is 4.92. The topological polar surface area (TPSA) is 3.24 Å². The molecule has 0 aliphatic heterocycles. The van der Waals surface area contributed by atoms with Gasteiger partial charge in [0, 0.05) is 6.04 Å². The zero-order valence-electron chi connectivity index (χ0n) is 7.65. The zero-order valence-corrected chi connectivity index (χ0v) is 7.65. The number of nitrogens with zero attached hydrogens (tertiary/aromatic N) is 1. The average molecular weight is 141 g/mol. The van der Waals surface area contributed by atoms with Crippen LogP contribution in [0.3, 0.4) is 0 Å². The van der Waals surface area contributed by atoms with Crippen LogP contribution < -0.4 is 0 Å². The molecule has 1 atom stereocenters. The second-order valence-electron chi connectivity index (χ2n) is 3.19. The van der Waals surface area contributed by atoms with Crippen LogP contribution in [0.15, 0.2) is 12.2 Å². The van der Waals surface area contributed by atoms with Crippen molar-refractivity contribution in [1.29, 1.82) is 0 Å². The Bertz CT molecular complexity index is 105. The monoisotopic (exact) mass is 141 g/mol. The van der Waals surface area contributed by atoms with Gasteiger partial charge in [0.25, 0.3) is 0 Å². The second kappa shape index (κ2) is 4.51. The molecule has 0 spiro atoms. The van der Waals surface area contributed by atoms with Gasteiger partial charge in [0.15, 0.2) is 0 Å². The first kappa shape index (κ1) is 9.70. The number of hydrogen-bond donors (Lipinski definition) is 0. The highest BCUT2D eigenvalue weighted by Gasteiger charge is 2.07. The Balaban J connectivity index is 3.71. The summed E-state index contributed by atoms with van der Waals surface area (Å²) < 4.78 is 0. The molecule has 0 aliphatic rings. The SMILES string of the molecule is C=C(C)CC(CC)N(C)C. The maximum absolute atomic E-state index is 3.90. The van der Waals surface area contributed by atoms with Gasteiger partial charge in [-0.1, -0.05) is 12.5 Å². The average Bonchev–Trinajstić information content (AvgIpc) is 1.81. The van der Waals surface area contributed by atoms with E-state index in [1.807, 2.05) is 0 Å². The smallest absolute Gasteiger partial charge is 0.0123 e. The van der Waals surface area contributed by atoms with E-state index in [-0.39, 0.29) is 0 Å². The molecule has 1 unspecified atom stereocenters.